The summed E-state index contributed by atoms with van der Waals surface area (Å²) in [5, 5.41) is 0. The van der Waals surface area contributed by atoms with Crippen molar-refractivity contribution >= 4 is 5.91 Å². The van der Waals surface area contributed by atoms with Gasteiger partial charge >= 0.3 is 0 Å². The number of nitrogens with zero attached hydrogens (tertiary/aromatic N) is 1. The van der Waals surface area contributed by atoms with Crippen molar-refractivity contribution in [2.45, 2.75) is 38.8 Å². The molecule has 4 nitrogen and oxygen atoms in total. The summed E-state index contributed by atoms with van der Waals surface area (Å²) >= 11 is 0. The highest BCUT2D eigenvalue weighted by Gasteiger charge is 2.36. The summed E-state index contributed by atoms with van der Waals surface area (Å²) in [6, 6.07) is 0. The van der Waals surface area contributed by atoms with E-state index in [0.29, 0.717) is 13.2 Å². The van der Waals surface area contributed by atoms with Crippen molar-refractivity contribution in [2.24, 2.45) is 11.7 Å². The molecule has 0 saturated carbocycles. The molecular formula is C11H22N2O2. The van der Waals surface area contributed by atoms with E-state index in [-0.39, 0.29) is 23.5 Å². The molecule has 0 aromatic carbocycles. The van der Waals surface area contributed by atoms with Crippen LogP contribution < -0.4 is 5.73 Å². The molecule has 15 heavy (non-hydrogen) atoms. The van der Waals surface area contributed by atoms with Crippen molar-refractivity contribution in [1.29, 1.82) is 0 Å². The van der Waals surface area contributed by atoms with Crippen molar-refractivity contribution in [3.8, 4) is 0 Å². The fourth-order valence-corrected chi connectivity index (χ4v) is 1.74. The fourth-order valence-electron chi connectivity index (χ4n) is 1.74. The molecule has 1 aliphatic rings. The Hall–Kier alpha value is -0.610. The van der Waals surface area contributed by atoms with Crippen LogP contribution in [0.15, 0.2) is 0 Å². The van der Waals surface area contributed by atoms with Crippen LogP contribution in [-0.4, -0.2) is 42.6 Å². The monoisotopic (exact) mass is 214 g/mol. The number of amides is 1. The van der Waals surface area contributed by atoms with Crippen LogP contribution in [0.1, 0.15) is 27.2 Å². The quantitative estimate of drug-likeness (QED) is 0.749. The molecule has 0 aliphatic carbocycles. The molecule has 0 spiro atoms. The van der Waals surface area contributed by atoms with Gasteiger partial charge in [-0.2, -0.15) is 0 Å². The lowest BCUT2D eigenvalue weighted by atomic mass is 9.96. The third-order valence-corrected chi connectivity index (χ3v) is 3.43. The van der Waals surface area contributed by atoms with Gasteiger partial charge < -0.3 is 15.4 Å². The van der Waals surface area contributed by atoms with Gasteiger partial charge in [-0.1, -0.05) is 0 Å². The van der Waals surface area contributed by atoms with E-state index in [2.05, 4.69) is 0 Å². The lowest BCUT2D eigenvalue weighted by Crippen LogP contribution is -2.52. The zero-order chi connectivity index (χ0) is 11.6. The standard InChI is InChI=1S/C11H22N2O2/c1-8-9(5-6-15-8)10(14)13(4)11(2,3)7-12/h8-9H,5-7,12H2,1-4H3. The van der Waals surface area contributed by atoms with Gasteiger partial charge in [0.1, 0.15) is 0 Å². The Morgan fingerprint density at radius 2 is 2.20 bits per heavy atom. The smallest absolute Gasteiger partial charge is 0.228 e. The van der Waals surface area contributed by atoms with E-state index >= 15 is 0 Å². The van der Waals surface area contributed by atoms with E-state index in [0.717, 1.165) is 6.42 Å². The molecule has 2 N–H and O–H groups in total. The Balaban J connectivity index is 2.67. The van der Waals surface area contributed by atoms with Gasteiger partial charge in [0.05, 0.1) is 12.0 Å². The van der Waals surface area contributed by atoms with Gasteiger partial charge in [0.25, 0.3) is 0 Å². The van der Waals surface area contributed by atoms with Crippen molar-refractivity contribution in [3.05, 3.63) is 0 Å². The van der Waals surface area contributed by atoms with Gasteiger partial charge in [0, 0.05) is 25.7 Å². The Labute approximate surface area is 91.8 Å². The Morgan fingerprint density at radius 3 is 2.60 bits per heavy atom. The zero-order valence-electron chi connectivity index (χ0n) is 10.1. The Kier molecular flexibility index (Phi) is 3.73. The van der Waals surface area contributed by atoms with Crippen molar-refractivity contribution in [1.82, 2.24) is 4.90 Å². The number of ether oxygens (including phenoxy) is 1. The minimum Gasteiger partial charge on any atom is -0.378 e. The lowest BCUT2D eigenvalue weighted by Gasteiger charge is -2.36. The maximum Gasteiger partial charge on any atom is 0.228 e. The molecule has 0 bridgehead atoms. The number of likely N-dealkylation sites (N-methyl/N-ethyl adjacent to an activating group) is 1. The minimum atomic E-state index is -0.278. The molecule has 1 fully saturated rings. The molecule has 4 heteroatoms. The van der Waals surface area contributed by atoms with Gasteiger partial charge in [0.15, 0.2) is 0 Å². The second-order valence-corrected chi connectivity index (χ2v) is 4.88. The minimum absolute atomic E-state index is 0.000764. The highest BCUT2D eigenvalue weighted by molar-refractivity contribution is 5.80. The highest BCUT2D eigenvalue weighted by atomic mass is 16.5. The second kappa shape index (κ2) is 4.49. The molecule has 0 aromatic rings. The molecule has 88 valence electrons. The van der Waals surface area contributed by atoms with Crippen LogP contribution in [0.25, 0.3) is 0 Å². The molecule has 1 saturated heterocycles. The van der Waals surface area contributed by atoms with E-state index in [1.807, 2.05) is 27.8 Å². The normalized spacial score (nSPS) is 26.7. The maximum atomic E-state index is 12.2. The number of rotatable bonds is 3. The predicted octanol–water partition coefficient (Wildman–Crippen LogP) is 0.607. The summed E-state index contributed by atoms with van der Waals surface area (Å²) in [5.41, 5.74) is 5.37. The number of carbonyl (C=O) groups excluding carboxylic acids is 1. The van der Waals surface area contributed by atoms with Crippen LogP contribution in [0.5, 0.6) is 0 Å². The topological polar surface area (TPSA) is 55.6 Å². The number of nitrogens with two attached hydrogens (primary N) is 1. The van der Waals surface area contributed by atoms with Crippen LogP contribution in [0.2, 0.25) is 0 Å². The third-order valence-electron chi connectivity index (χ3n) is 3.43. The second-order valence-electron chi connectivity index (χ2n) is 4.88. The molecule has 1 rings (SSSR count). The van der Waals surface area contributed by atoms with Crippen LogP contribution in [-0.2, 0) is 9.53 Å². The van der Waals surface area contributed by atoms with E-state index in [1.54, 1.807) is 4.90 Å². The van der Waals surface area contributed by atoms with Crippen molar-refractivity contribution in [2.75, 3.05) is 20.2 Å². The number of hydrogen-bond acceptors (Lipinski definition) is 3. The van der Waals surface area contributed by atoms with Gasteiger partial charge in [0.2, 0.25) is 5.91 Å². The van der Waals surface area contributed by atoms with Crippen LogP contribution >= 0.6 is 0 Å². The van der Waals surface area contributed by atoms with Crippen LogP contribution in [0.4, 0.5) is 0 Å². The van der Waals surface area contributed by atoms with Crippen molar-refractivity contribution in [3.63, 3.8) is 0 Å². The van der Waals surface area contributed by atoms with Gasteiger partial charge in [-0.3, -0.25) is 4.79 Å². The van der Waals surface area contributed by atoms with Crippen LogP contribution in [0.3, 0.4) is 0 Å². The fraction of sp³-hybridized carbons (Fsp3) is 0.909. The first-order valence-corrected chi connectivity index (χ1v) is 5.49. The first-order valence-electron chi connectivity index (χ1n) is 5.49. The molecule has 1 amide bonds. The number of carbonyl (C=O) groups is 1. The SMILES string of the molecule is CC1OCCC1C(=O)N(C)C(C)(C)CN. The summed E-state index contributed by atoms with van der Waals surface area (Å²) in [7, 11) is 1.82. The average Bonchev–Trinajstić information content (AvgIpc) is 2.62. The first kappa shape index (κ1) is 12.5. The van der Waals surface area contributed by atoms with E-state index < -0.39 is 0 Å². The summed E-state index contributed by atoms with van der Waals surface area (Å²) in [5.74, 6) is 0.149. The van der Waals surface area contributed by atoms with E-state index in [1.165, 1.54) is 0 Å². The summed E-state index contributed by atoms with van der Waals surface area (Å²) in [6.07, 6.45) is 0.860. The Morgan fingerprint density at radius 1 is 1.60 bits per heavy atom. The lowest BCUT2D eigenvalue weighted by molar-refractivity contribution is -0.140. The molecule has 1 aliphatic heterocycles. The molecule has 2 atom stereocenters. The van der Waals surface area contributed by atoms with Crippen LogP contribution in [0, 0.1) is 5.92 Å². The average molecular weight is 214 g/mol. The molecule has 2 unspecified atom stereocenters. The Bertz CT molecular complexity index is 241. The zero-order valence-corrected chi connectivity index (χ0v) is 10.1. The maximum absolute atomic E-state index is 12.2. The largest absolute Gasteiger partial charge is 0.378 e. The van der Waals surface area contributed by atoms with Crippen molar-refractivity contribution < 1.29 is 9.53 Å². The van der Waals surface area contributed by atoms with E-state index in [4.69, 9.17) is 10.5 Å². The predicted molar refractivity (Wildman–Crippen MR) is 59.4 cm³/mol. The number of hydrogen-bond donors (Lipinski definition) is 1. The molecular weight excluding hydrogens is 192 g/mol. The highest BCUT2D eigenvalue weighted by Crippen LogP contribution is 2.25. The molecule has 1 heterocycles. The summed E-state index contributed by atoms with van der Waals surface area (Å²) in [6.45, 7) is 7.07. The molecule has 0 aromatic heterocycles. The van der Waals surface area contributed by atoms with E-state index in [9.17, 15) is 4.79 Å². The summed E-state index contributed by atoms with van der Waals surface area (Å²) < 4.78 is 5.40. The van der Waals surface area contributed by atoms with Gasteiger partial charge in [-0.25, -0.2) is 0 Å². The van der Waals surface area contributed by atoms with Gasteiger partial charge in [-0.15, -0.1) is 0 Å². The van der Waals surface area contributed by atoms with Gasteiger partial charge in [-0.05, 0) is 27.2 Å². The summed E-state index contributed by atoms with van der Waals surface area (Å²) in [4.78, 5) is 13.9. The first-order chi connectivity index (χ1) is 6.90. The molecule has 0 radical (unpaired) electrons. The third kappa shape index (κ3) is 2.49.